The number of rotatable bonds is 6. The number of nitrogens with zero attached hydrogens (tertiary/aromatic N) is 3. The van der Waals surface area contributed by atoms with Gasteiger partial charge in [-0.1, -0.05) is 46.3 Å². The van der Waals surface area contributed by atoms with Crippen molar-refractivity contribution in [2.24, 2.45) is 0 Å². The van der Waals surface area contributed by atoms with Gasteiger partial charge in [-0.15, -0.1) is 0 Å². The number of aromatic nitrogens is 2. The molecule has 1 aliphatic heterocycles. The Bertz CT molecular complexity index is 1050. The summed E-state index contributed by atoms with van der Waals surface area (Å²) in [4.78, 5) is 27.1. The lowest BCUT2D eigenvalue weighted by Crippen LogP contribution is -2.38. The molecule has 0 radical (unpaired) electrons. The van der Waals surface area contributed by atoms with Crippen molar-refractivity contribution < 1.29 is 9.59 Å². The summed E-state index contributed by atoms with van der Waals surface area (Å²) >= 11 is 3.43. The van der Waals surface area contributed by atoms with Crippen LogP contribution in [0.3, 0.4) is 0 Å². The Morgan fingerprint density at radius 3 is 2.57 bits per heavy atom. The maximum Gasteiger partial charge on any atom is 0.255 e. The fraction of sp³-hybridized carbons (Fsp3) is 0.261. The molecule has 1 unspecified atom stereocenters. The van der Waals surface area contributed by atoms with Gasteiger partial charge in [-0.3, -0.25) is 9.59 Å². The summed E-state index contributed by atoms with van der Waals surface area (Å²) in [5.74, 6) is -0.0548. The van der Waals surface area contributed by atoms with Crippen molar-refractivity contribution in [1.29, 1.82) is 0 Å². The standard InChI is InChI=1S/C23H23BrN4O2/c1-16-20(14-25-28(16)19-11-9-18(24)10-12-19)23(30)26-21(17-6-3-2-4-7-17)15-27-13-5-8-22(27)29/h2-4,6-7,9-12,14,21H,5,8,13,15H2,1H3,(H,26,30). The molecule has 7 heteroatoms. The Balaban J connectivity index is 1.56. The van der Waals surface area contributed by atoms with Gasteiger partial charge < -0.3 is 10.2 Å². The Morgan fingerprint density at radius 2 is 1.90 bits per heavy atom. The molecule has 2 aromatic carbocycles. The summed E-state index contributed by atoms with van der Waals surface area (Å²) in [6, 6.07) is 17.3. The number of halogens is 1. The lowest BCUT2D eigenvalue weighted by atomic mass is 10.1. The fourth-order valence-corrected chi connectivity index (χ4v) is 4.01. The van der Waals surface area contributed by atoms with Crippen LogP contribution in [0, 0.1) is 6.92 Å². The van der Waals surface area contributed by atoms with Gasteiger partial charge in [-0.25, -0.2) is 4.68 Å². The smallest absolute Gasteiger partial charge is 0.255 e. The number of carbonyl (C=O) groups excluding carboxylic acids is 2. The highest BCUT2D eigenvalue weighted by atomic mass is 79.9. The molecule has 0 saturated carbocycles. The van der Waals surface area contributed by atoms with Crippen LogP contribution in [0.15, 0.2) is 65.3 Å². The molecule has 0 bridgehead atoms. The van der Waals surface area contributed by atoms with Crippen LogP contribution in [0.25, 0.3) is 5.69 Å². The van der Waals surface area contributed by atoms with Crippen LogP contribution in [0.5, 0.6) is 0 Å². The predicted octanol–water partition coefficient (Wildman–Crippen LogP) is 4.04. The Labute approximate surface area is 184 Å². The summed E-state index contributed by atoms with van der Waals surface area (Å²) in [5, 5.41) is 7.53. The highest BCUT2D eigenvalue weighted by Gasteiger charge is 2.26. The lowest BCUT2D eigenvalue weighted by molar-refractivity contribution is -0.128. The van der Waals surface area contributed by atoms with Crippen LogP contribution in [0.4, 0.5) is 0 Å². The molecule has 1 aromatic heterocycles. The Hall–Kier alpha value is -2.93. The molecule has 1 fully saturated rings. The second kappa shape index (κ2) is 8.83. The maximum atomic E-state index is 13.1. The summed E-state index contributed by atoms with van der Waals surface area (Å²) in [6.45, 7) is 3.08. The Kier molecular flexibility index (Phi) is 5.99. The van der Waals surface area contributed by atoms with Crippen LogP contribution in [0.2, 0.25) is 0 Å². The molecule has 3 aromatic rings. The molecule has 1 atom stereocenters. The third-order valence-corrected chi connectivity index (χ3v) is 5.94. The zero-order valence-electron chi connectivity index (χ0n) is 16.7. The van der Waals surface area contributed by atoms with Crippen molar-refractivity contribution in [3.63, 3.8) is 0 Å². The average Bonchev–Trinajstić information content (AvgIpc) is 3.34. The second-order valence-corrected chi connectivity index (χ2v) is 8.33. The molecule has 1 saturated heterocycles. The van der Waals surface area contributed by atoms with Crippen molar-refractivity contribution in [2.75, 3.05) is 13.1 Å². The summed E-state index contributed by atoms with van der Waals surface area (Å²) in [5.41, 5.74) is 3.14. The van der Waals surface area contributed by atoms with E-state index in [0.717, 1.165) is 34.4 Å². The first kappa shape index (κ1) is 20.3. The first-order valence-electron chi connectivity index (χ1n) is 9.97. The zero-order valence-corrected chi connectivity index (χ0v) is 18.3. The van der Waals surface area contributed by atoms with E-state index < -0.39 is 0 Å². The van der Waals surface area contributed by atoms with E-state index in [0.29, 0.717) is 18.5 Å². The monoisotopic (exact) mass is 466 g/mol. The van der Waals surface area contributed by atoms with Crippen LogP contribution < -0.4 is 5.32 Å². The van der Waals surface area contributed by atoms with Crippen molar-refractivity contribution >= 4 is 27.7 Å². The van der Waals surface area contributed by atoms with E-state index in [4.69, 9.17) is 0 Å². The van der Waals surface area contributed by atoms with Crippen molar-refractivity contribution in [2.45, 2.75) is 25.8 Å². The minimum absolute atomic E-state index is 0.143. The predicted molar refractivity (Wildman–Crippen MR) is 118 cm³/mol. The normalized spacial score (nSPS) is 14.7. The molecule has 30 heavy (non-hydrogen) atoms. The minimum atomic E-state index is -0.281. The van der Waals surface area contributed by atoms with Crippen LogP contribution >= 0.6 is 15.9 Å². The van der Waals surface area contributed by atoms with Gasteiger partial charge in [-0.2, -0.15) is 5.10 Å². The van der Waals surface area contributed by atoms with Crippen LogP contribution in [-0.4, -0.2) is 39.6 Å². The van der Waals surface area contributed by atoms with Crippen LogP contribution in [0.1, 0.15) is 40.5 Å². The van der Waals surface area contributed by atoms with E-state index in [1.54, 1.807) is 10.9 Å². The van der Waals surface area contributed by atoms with E-state index >= 15 is 0 Å². The first-order valence-corrected chi connectivity index (χ1v) is 10.8. The molecule has 2 amide bonds. The van der Waals surface area contributed by atoms with E-state index in [-0.39, 0.29) is 17.9 Å². The summed E-state index contributed by atoms with van der Waals surface area (Å²) in [6.07, 6.45) is 3.04. The quantitative estimate of drug-likeness (QED) is 0.595. The van der Waals surface area contributed by atoms with E-state index in [9.17, 15) is 9.59 Å². The van der Waals surface area contributed by atoms with Gasteiger partial charge in [0.15, 0.2) is 0 Å². The van der Waals surface area contributed by atoms with Crippen molar-refractivity contribution in [3.05, 3.63) is 82.1 Å². The molecule has 1 N–H and O–H groups in total. The van der Waals surface area contributed by atoms with Gasteiger partial charge in [0.25, 0.3) is 5.91 Å². The summed E-state index contributed by atoms with van der Waals surface area (Å²) in [7, 11) is 0. The number of hydrogen-bond donors (Lipinski definition) is 1. The molecule has 4 rings (SSSR count). The number of benzene rings is 2. The molecule has 1 aliphatic rings. The van der Waals surface area contributed by atoms with Crippen molar-refractivity contribution in [3.8, 4) is 5.69 Å². The number of amides is 2. The molecule has 0 spiro atoms. The minimum Gasteiger partial charge on any atom is -0.343 e. The Morgan fingerprint density at radius 1 is 1.17 bits per heavy atom. The molecular weight excluding hydrogens is 444 g/mol. The average molecular weight is 467 g/mol. The number of likely N-dealkylation sites (tertiary alicyclic amines) is 1. The van der Waals surface area contributed by atoms with E-state index in [2.05, 4.69) is 26.3 Å². The van der Waals surface area contributed by atoms with Gasteiger partial charge in [-0.05, 0) is 43.2 Å². The van der Waals surface area contributed by atoms with E-state index in [1.165, 1.54) is 0 Å². The maximum absolute atomic E-state index is 13.1. The second-order valence-electron chi connectivity index (χ2n) is 7.41. The molecule has 154 valence electrons. The van der Waals surface area contributed by atoms with Crippen molar-refractivity contribution in [1.82, 2.24) is 20.0 Å². The number of hydrogen-bond acceptors (Lipinski definition) is 3. The molecule has 0 aliphatic carbocycles. The SMILES string of the molecule is Cc1c(C(=O)NC(CN2CCCC2=O)c2ccccc2)cnn1-c1ccc(Br)cc1. The van der Waals surface area contributed by atoms with Gasteiger partial charge in [0, 0.05) is 24.0 Å². The van der Waals surface area contributed by atoms with Gasteiger partial charge in [0.05, 0.1) is 29.2 Å². The van der Waals surface area contributed by atoms with E-state index in [1.807, 2.05) is 66.4 Å². The number of carbonyl (C=O) groups is 2. The molecule has 2 heterocycles. The molecule has 6 nitrogen and oxygen atoms in total. The first-order chi connectivity index (χ1) is 14.5. The van der Waals surface area contributed by atoms with Gasteiger partial charge in [0.1, 0.15) is 0 Å². The summed E-state index contributed by atoms with van der Waals surface area (Å²) < 4.78 is 2.74. The van der Waals surface area contributed by atoms with Gasteiger partial charge >= 0.3 is 0 Å². The number of nitrogens with one attached hydrogen (secondary N) is 1. The van der Waals surface area contributed by atoms with Crippen LogP contribution in [-0.2, 0) is 4.79 Å². The highest BCUT2D eigenvalue weighted by molar-refractivity contribution is 9.10. The highest BCUT2D eigenvalue weighted by Crippen LogP contribution is 2.21. The third kappa shape index (κ3) is 4.31. The topological polar surface area (TPSA) is 67.2 Å². The largest absolute Gasteiger partial charge is 0.343 e. The fourth-order valence-electron chi connectivity index (χ4n) is 3.75. The lowest BCUT2D eigenvalue weighted by Gasteiger charge is -2.25. The zero-order chi connectivity index (χ0) is 21.1. The molecular formula is C23H23BrN4O2. The van der Waals surface area contributed by atoms with Gasteiger partial charge in [0.2, 0.25) is 5.91 Å². The third-order valence-electron chi connectivity index (χ3n) is 5.41.